The Kier molecular flexibility index (Phi) is 9.51. The minimum Gasteiger partial charge on any atom is -0.461 e. The second-order valence-corrected chi connectivity index (χ2v) is 13.3. The first-order chi connectivity index (χ1) is 17.4. The van der Waals surface area contributed by atoms with Crippen molar-refractivity contribution in [1.29, 1.82) is 0 Å². The number of halogens is 4. The molecule has 0 bridgehead atoms. The van der Waals surface area contributed by atoms with Gasteiger partial charge in [-0.05, 0) is 62.6 Å². The average molecular weight is 556 g/mol. The van der Waals surface area contributed by atoms with Gasteiger partial charge in [-0.3, -0.25) is 0 Å². The topological polar surface area (TPSA) is 53.6 Å². The number of fused-ring (bicyclic) bond motifs is 1. The van der Waals surface area contributed by atoms with Crippen molar-refractivity contribution in [3.8, 4) is 17.6 Å². The highest BCUT2D eigenvalue weighted by Crippen LogP contribution is 2.39. The fraction of sp³-hybridized carbons (Fsp3) is 0.385. The number of nitrogens with one attached hydrogen (secondary N) is 2. The molecule has 1 heterocycles. The predicted octanol–water partition coefficient (Wildman–Crippen LogP) is 6.00. The molecule has 5 nitrogen and oxygen atoms in total. The third kappa shape index (κ3) is 8.13. The third-order valence-corrected chi connectivity index (χ3v) is 8.15. The lowest BCUT2D eigenvalue weighted by molar-refractivity contribution is -0.126. The van der Waals surface area contributed by atoms with Crippen molar-refractivity contribution in [3.63, 3.8) is 0 Å². The van der Waals surface area contributed by atoms with Crippen molar-refractivity contribution in [1.82, 2.24) is 4.90 Å². The van der Waals surface area contributed by atoms with Crippen LogP contribution in [0.4, 0.5) is 28.9 Å². The zero-order valence-corrected chi connectivity index (χ0v) is 22.8. The van der Waals surface area contributed by atoms with E-state index in [2.05, 4.69) is 22.5 Å². The van der Waals surface area contributed by atoms with E-state index in [1.165, 1.54) is 17.4 Å². The summed E-state index contributed by atoms with van der Waals surface area (Å²) >= 11 is 1.23. The lowest BCUT2D eigenvalue weighted by atomic mass is 10.1. The SMILES string of the molecule is CN(C)CCNc1cccc2c(CC(F)(F)F)c(C#CCNc3ccc(P(C)(C)=O)cc3OCF)sc12. The number of hydrogen-bond donors (Lipinski definition) is 2. The summed E-state index contributed by atoms with van der Waals surface area (Å²) in [5.41, 5.74) is 1.38. The third-order valence-electron chi connectivity index (χ3n) is 5.44. The first kappa shape index (κ1) is 28.8. The van der Waals surface area contributed by atoms with Gasteiger partial charge in [-0.15, -0.1) is 11.3 Å². The number of anilines is 2. The van der Waals surface area contributed by atoms with E-state index < -0.39 is 26.6 Å². The van der Waals surface area contributed by atoms with E-state index in [1.54, 1.807) is 37.6 Å². The van der Waals surface area contributed by atoms with Crippen LogP contribution in [-0.2, 0) is 11.0 Å². The molecule has 0 aliphatic carbocycles. The van der Waals surface area contributed by atoms with Gasteiger partial charge in [0.15, 0.2) is 0 Å². The quantitative estimate of drug-likeness (QED) is 0.183. The summed E-state index contributed by atoms with van der Waals surface area (Å²) in [6, 6.07) is 10.1. The molecule has 0 aliphatic rings. The van der Waals surface area contributed by atoms with E-state index in [9.17, 15) is 22.1 Å². The summed E-state index contributed by atoms with van der Waals surface area (Å²) in [4.78, 5) is 2.37. The van der Waals surface area contributed by atoms with Crippen molar-refractivity contribution in [3.05, 3.63) is 46.8 Å². The van der Waals surface area contributed by atoms with Gasteiger partial charge in [0.1, 0.15) is 12.9 Å². The standard InChI is InChI=1S/C26H30F4N3O2PS/c1-33(2)14-13-32-22-8-5-7-19-20(16-26(28,29)30)24(37-25(19)22)9-6-12-31-21-11-10-18(36(3,4)34)15-23(21)35-17-27/h5,7-8,10-11,15,31-32H,12-14,16-17H2,1-4H3. The Morgan fingerprint density at radius 1 is 1.11 bits per heavy atom. The Labute approximate surface area is 218 Å². The van der Waals surface area contributed by atoms with E-state index in [-0.39, 0.29) is 17.9 Å². The van der Waals surface area contributed by atoms with Gasteiger partial charge in [-0.2, -0.15) is 13.2 Å². The highest BCUT2D eigenvalue weighted by Gasteiger charge is 2.31. The highest BCUT2D eigenvalue weighted by atomic mass is 32.1. The molecule has 1 aromatic heterocycles. The fourth-order valence-electron chi connectivity index (χ4n) is 3.63. The van der Waals surface area contributed by atoms with Crippen LogP contribution in [0.2, 0.25) is 0 Å². The van der Waals surface area contributed by atoms with E-state index in [0.717, 1.165) is 16.9 Å². The normalized spacial score (nSPS) is 11.9. The van der Waals surface area contributed by atoms with E-state index in [4.69, 9.17) is 4.74 Å². The summed E-state index contributed by atoms with van der Waals surface area (Å²) in [5, 5.41) is 7.40. The highest BCUT2D eigenvalue weighted by molar-refractivity contribution is 7.70. The number of thiophene rings is 1. The molecule has 3 aromatic rings. The predicted molar refractivity (Wildman–Crippen MR) is 146 cm³/mol. The Balaban J connectivity index is 1.88. The Morgan fingerprint density at radius 2 is 1.86 bits per heavy atom. The number of nitrogens with zero attached hydrogens (tertiary/aromatic N) is 1. The number of hydrogen-bond acceptors (Lipinski definition) is 6. The molecule has 0 radical (unpaired) electrons. The van der Waals surface area contributed by atoms with E-state index in [0.29, 0.717) is 27.8 Å². The summed E-state index contributed by atoms with van der Waals surface area (Å²) < 4.78 is 71.2. The van der Waals surface area contributed by atoms with Crippen LogP contribution in [-0.4, -0.2) is 65.0 Å². The van der Waals surface area contributed by atoms with Crippen molar-refractivity contribution < 1.29 is 26.9 Å². The molecule has 0 unspecified atom stereocenters. The number of likely N-dealkylation sites (N-methyl/N-ethyl adjacent to an activating group) is 1. The fourth-order valence-corrected chi connectivity index (χ4v) is 5.68. The Hall–Kier alpha value is -2.73. The first-order valence-electron chi connectivity index (χ1n) is 11.5. The molecule has 0 saturated carbocycles. The molecule has 0 atom stereocenters. The molecule has 0 fully saturated rings. The smallest absolute Gasteiger partial charge is 0.393 e. The van der Waals surface area contributed by atoms with Crippen LogP contribution in [0.15, 0.2) is 36.4 Å². The van der Waals surface area contributed by atoms with E-state index >= 15 is 0 Å². The van der Waals surface area contributed by atoms with Crippen LogP contribution in [0, 0.1) is 11.8 Å². The van der Waals surface area contributed by atoms with Gasteiger partial charge in [0.25, 0.3) is 0 Å². The molecule has 0 spiro atoms. The minimum atomic E-state index is -4.38. The molecule has 0 amide bonds. The first-order valence-corrected chi connectivity index (χ1v) is 14.9. The monoisotopic (exact) mass is 555 g/mol. The van der Waals surface area contributed by atoms with Gasteiger partial charge in [0.2, 0.25) is 6.86 Å². The van der Waals surface area contributed by atoms with Crippen LogP contribution in [0.5, 0.6) is 5.75 Å². The van der Waals surface area contributed by atoms with Crippen LogP contribution >= 0.6 is 18.5 Å². The average Bonchev–Trinajstić information content (AvgIpc) is 3.13. The second kappa shape index (κ2) is 12.2. The van der Waals surface area contributed by atoms with Crippen LogP contribution in [0.1, 0.15) is 10.4 Å². The van der Waals surface area contributed by atoms with Gasteiger partial charge >= 0.3 is 6.18 Å². The molecular formula is C26H30F4N3O2PS. The van der Waals surface area contributed by atoms with Crippen molar-refractivity contribution >= 4 is 45.2 Å². The number of alkyl halides is 4. The molecule has 37 heavy (non-hydrogen) atoms. The summed E-state index contributed by atoms with van der Waals surface area (Å²) in [7, 11) is 1.33. The van der Waals surface area contributed by atoms with E-state index in [1.807, 2.05) is 25.1 Å². The maximum atomic E-state index is 13.4. The zero-order chi connectivity index (χ0) is 27.2. The second-order valence-electron chi connectivity index (χ2n) is 9.05. The maximum absolute atomic E-state index is 13.4. The van der Waals surface area contributed by atoms with Crippen LogP contribution < -0.4 is 20.7 Å². The maximum Gasteiger partial charge on any atom is 0.393 e. The van der Waals surface area contributed by atoms with Crippen molar-refractivity contribution in [2.45, 2.75) is 12.6 Å². The Bertz CT molecular complexity index is 1340. The van der Waals surface area contributed by atoms with Gasteiger partial charge in [0.05, 0.1) is 33.9 Å². The van der Waals surface area contributed by atoms with Gasteiger partial charge in [0, 0.05) is 18.4 Å². The molecule has 3 rings (SSSR count). The van der Waals surface area contributed by atoms with Gasteiger partial charge in [-0.1, -0.05) is 24.0 Å². The van der Waals surface area contributed by atoms with Crippen LogP contribution in [0.3, 0.4) is 0 Å². The molecular weight excluding hydrogens is 525 g/mol. The Morgan fingerprint density at radius 3 is 2.51 bits per heavy atom. The largest absolute Gasteiger partial charge is 0.461 e. The number of ether oxygens (including phenoxy) is 1. The molecule has 200 valence electrons. The van der Waals surface area contributed by atoms with Crippen molar-refractivity contribution in [2.24, 2.45) is 0 Å². The minimum absolute atomic E-state index is 0.0888. The number of benzene rings is 2. The molecule has 11 heteroatoms. The number of rotatable bonds is 10. The van der Waals surface area contributed by atoms with Gasteiger partial charge in [-0.25, -0.2) is 4.39 Å². The molecule has 2 N–H and O–H groups in total. The summed E-state index contributed by atoms with van der Waals surface area (Å²) in [6.45, 7) is 3.66. The molecule has 2 aromatic carbocycles. The lowest BCUT2D eigenvalue weighted by Crippen LogP contribution is -2.20. The molecule has 0 saturated heterocycles. The summed E-state index contributed by atoms with van der Waals surface area (Å²) in [6.07, 6.45) is -5.45. The summed E-state index contributed by atoms with van der Waals surface area (Å²) in [5.74, 6) is 5.97. The van der Waals surface area contributed by atoms with Crippen molar-refractivity contribution in [2.75, 3.05) is 64.6 Å². The zero-order valence-electron chi connectivity index (χ0n) is 21.1. The molecule has 0 aliphatic heterocycles. The lowest BCUT2D eigenvalue weighted by Gasteiger charge is -2.13. The van der Waals surface area contributed by atoms with Gasteiger partial charge < -0.3 is 24.8 Å². The van der Waals surface area contributed by atoms with Crippen LogP contribution in [0.25, 0.3) is 10.1 Å².